The SMILES string of the molecule is C[Si](C)(C)c1ccc([Si]2(C)CCC2)cc1. The summed E-state index contributed by atoms with van der Waals surface area (Å²) in [7, 11) is -2.03. The quantitative estimate of drug-likeness (QED) is 0.690. The molecule has 0 radical (unpaired) electrons. The zero-order valence-electron chi connectivity index (χ0n) is 10.4. The van der Waals surface area contributed by atoms with Crippen LogP contribution >= 0.6 is 0 Å². The van der Waals surface area contributed by atoms with Gasteiger partial charge in [0.05, 0.1) is 16.1 Å². The van der Waals surface area contributed by atoms with E-state index in [4.69, 9.17) is 0 Å². The minimum absolute atomic E-state index is 0.939. The lowest BCUT2D eigenvalue weighted by Crippen LogP contribution is -2.51. The fourth-order valence-corrected chi connectivity index (χ4v) is 6.50. The van der Waals surface area contributed by atoms with E-state index in [-0.39, 0.29) is 0 Å². The van der Waals surface area contributed by atoms with Gasteiger partial charge < -0.3 is 0 Å². The number of rotatable bonds is 2. The van der Waals surface area contributed by atoms with Crippen LogP contribution in [0.1, 0.15) is 6.42 Å². The molecular formula is C13H22Si2. The lowest BCUT2D eigenvalue weighted by atomic mass is 10.4. The maximum Gasteiger partial charge on any atom is 0.0836 e. The second kappa shape index (κ2) is 3.60. The molecule has 82 valence electrons. The van der Waals surface area contributed by atoms with Crippen LogP contribution < -0.4 is 10.4 Å². The second-order valence-corrected chi connectivity index (χ2v) is 16.0. The fourth-order valence-electron chi connectivity index (χ4n) is 2.37. The van der Waals surface area contributed by atoms with Gasteiger partial charge in [0.15, 0.2) is 0 Å². The molecule has 0 aromatic heterocycles. The highest BCUT2D eigenvalue weighted by Gasteiger charge is 2.35. The van der Waals surface area contributed by atoms with E-state index < -0.39 is 16.1 Å². The Hall–Kier alpha value is -0.346. The van der Waals surface area contributed by atoms with Crippen LogP contribution in [0.3, 0.4) is 0 Å². The lowest BCUT2D eigenvalue weighted by Gasteiger charge is -2.37. The van der Waals surface area contributed by atoms with Crippen molar-refractivity contribution in [1.29, 1.82) is 0 Å². The molecule has 0 atom stereocenters. The summed E-state index contributed by atoms with van der Waals surface area (Å²) < 4.78 is 0. The zero-order chi connectivity index (χ0) is 11.1. The predicted octanol–water partition coefficient (Wildman–Crippen LogP) is 2.92. The van der Waals surface area contributed by atoms with Crippen molar-refractivity contribution >= 4 is 26.5 Å². The fraction of sp³-hybridized carbons (Fsp3) is 0.538. The van der Waals surface area contributed by atoms with Crippen molar-refractivity contribution < 1.29 is 0 Å². The molecule has 0 saturated carbocycles. The van der Waals surface area contributed by atoms with E-state index in [0.29, 0.717) is 0 Å². The Bertz CT molecular complexity index is 342. The van der Waals surface area contributed by atoms with Crippen molar-refractivity contribution in [2.75, 3.05) is 0 Å². The third-order valence-electron chi connectivity index (χ3n) is 3.90. The monoisotopic (exact) mass is 234 g/mol. The molecule has 1 aromatic rings. The second-order valence-electron chi connectivity index (χ2n) is 6.24. The summed E-state index contributed by atoms with van der Waals surface area (Å²) in [5.41, 5.74) is 0. The van der Waals surface area contributed by atoms with Gasteiger partial charge in [-0.1, -0.05) is 79.3 Å². The Morgan fingerprint density at radius 2 is 1.53 bits per heavy atom. The van der Waals surface area contributed by atoms with Crippen LogP contribution in [-0.2, 0) is 0 Å². The molecule has 0 bridgehead atoms. The van der Waals surface area contributed by atoms with Crippen molar-refractivity contribution in [1.82, 2.24) is 0 Å². The molecule has 0 spiro atoms. The van der Waals surface area contributed by atoms with Gasteiger partial charge in [0, 0.05) is 0 Å². The molecule has 0 nitrogen and oxygen atoms in total. The van der Waals surface area contributed by atoms with Crippen LogP contribution in [0.5, 0.6) is 0 Å². The summed E-state index contributed by atoms with van der Waals surface area (Å²) >= 11 is 0. The highest BCUT2D eigenvalue weighted by atomic mass is 28.3. The Balaban J connectivity index is 2.24. The number of benzene rings is 1. The first-order chi connectivity index (χ1) is 6.92. The van der Waals surface area contributed by atoms with Gasteiger partial charge in [0.1, 0.15) is 0 Å². The average molecular weight is 234 g/mol. The topological polar surface area (TPSA) is 0 Å². The van der Waals surface area contributed by atoms with Crippen molar-refractivity contribution in [3.05, 3.63) is 24.3 Å². The minimum Gasteiger partial charge on any atom is -0.0656 e. The Morgan fingerprint density at radius 1 is 1.00 bits per heavy atom. The van der Waals surface area contributed by atoms with Gasteiger partial charge in [0.2, 0.25) is 0 Å². The van der Waals surface area contributed by atoms with Gasteiger partial charge >= 0.3 is 0 Å². The summed E-state index contributed by atoms with van der Waals surface area (Å²) in [6, 6.07) is 12.7. The van der Waals surface area contributed by atoms with E-state index in [1.165, 1.54) is 18.5 Å². The molecule has 0 N–H and O–H groups in total. The largest absolute Gasteiger partial charge is 0.0836 e. The van der Waals surface area contributed by atoms with Crippen molar-refractivity contribution in [3.8, 4) is 0 Å². The smallest absolute Gasteiger partial charge is 0.0656 e. The Labute approximate surface area is 95.7 Å². The molecule has 2 heteroatoms. The molecule has 2 rings (SSSR count). The van der Waals surface area contributed by atoms with E-state index in [9.17, 15) is 0 Å². The normalized spacial score (nSPS) is 19.7. The molecule has 1 fully saturated rings. The minimum atomic E-state index is -1.09. The van der Waals surface area contributed by atoms with Crippen molar-refractivity contribution in [2.24, 2.45) is 0 Å². The summed E-state index contributed by atoms with van der Waals surface area (Å²) in [5, 5.41) is 3.29. The van der Waals surface area contributed by atoms with Gasteiger partial charge in [-0.25, -0.2) is 0 Å². The first kappa shape index (κ1) is 11.1. The third kappa shape index (κ3) is 2.11. The van der Waals surface area contributed by atoms with Gasteiger partial charge in [-0.15, -0.1) is 0 Å². The number of hydrogen-bond acceptors (Lipinski definition) is 0. The maximum absolute atomic E-state index is 2.54. The van der Waals surface area contributed by atoms with E-state index in [2.05, 4.69) is 50.5 Å². The van der Waals surface area contributed by atoms with Crippen molar-refractivity contribution in [3.63, 3.8) is 0 Å². The summed E-state index contributed by atoms with van der Waals surface area (Å²) in [6.07, 6.45) is 1.47. The summed E-state index contributed by atoms with van der Waals surface area (Å²) in [5.74, 6) is 0. The maximum atomic E-state index is 2.54. The highest BCUT2D eigenvalue weighted by molar-refractivity contribution is 6.93. The predicted molar refractivity (Wildman–Crippen MR) is 74.9 cm³/mol. The van der Waals surface area contributed by atoms with E-state index >= 15 is 0 Å². The first-order valence-electron chi connectivity index (χ1n) is 6.03. The average Bonchev–Trinajstić information content (AvgIpc) is 2.13. The van der Waals surface area contributed by atoms with Gasteiger partial charge in [0.25, 0.3) is 0 Å². The van der Waals surface area contributed by atoms with Crippen LogP contribution in [0, 0.1) is 0 Å². The molecule has 1 aliphatic heterocycles. The van der Waals surface area contributed by atoms with Crippen LogP contribution in [0.4, 0.5) is 0 Å². The van der Waals surface area contributed by atoms with Gasteiger partial charge in [-0.2, -0.15) is 0 Å². The Kier molecular flexibility index (Phi) is 2.67. The van der Waals surface area contributed by atoms with Crippen LogP contribution in [0.2, 0.25) is 38.3 Å². The summed E-state index contributed by atoms with van der Waals surface area (Å²) in [6.45, 7) is 9.81. The van der Waals surface area contributed by atoms with Gasteiger partial charge in [-0.3, -0.25) is 0 Å². The van der Waals surface area contributed by atoms with Crippen LogP contribution in [-0.4, -0.2) is 16.1 Å². The van der Waals surface area contributed by atoms with E-state index in [1.54, 1.807) is 10.4 Å². The third-order valence-corrected chi connectivity index (χ3v) is 10.6. The number of hydrogen-bond donors (Lipinski definition) is 0. The molecule has 1 aliphatic rings. The molecule has 15 heavy (non-hydrogen) atoms. The Morgan fingerprint density at radius 3 is 1.87 bits per heavy atom. The van der Waals surface area contributed by atoms with E-state index in [1.807, 2.05) is 0 Å². The molecule has 0 amide bonds. The van der Waals surface area contributed by atoms with Crippen LogP contribution in [0.15, 0.2) is 24.3 Å². The standard InChI is InChI=1S/C13H22Si2/c1-14(2,3)12-6-8-13(9-7-12)15(4)10-5-11-15/h6-9H,5,10-11H2,1-4H3. The molecule has 1 heterocycles. The zero-order valence-corrected chi connectivity index (χ0v) is 12.4. The molecule has 1 saturated heterocycles. The van der Waals surface area contributed by atoms with E-state index in [0.717, 1.165) is 0 Å². The van der Waals surface area contributed by atoms with Crippen molar-refractivity contribution in [2.45, 2.75) is 44.7 Å². The highest BCUT2D eigenvalue weighted by Crippen LogP contribution is 2.31. The lowest BCUT2D eigenvalue weighted by molar-refractivity contribution is 0.917. The molecular weight excluding hydrogens is 212 g/mol. The summed E-state index contributed by atoms with van der Waals surface area (Å²) in [4.78, 5) is 0. The van der Waals surface area contributed by atoms with Gasteiger partial charge in [-0.05, 0) is 0 Å². The molecule has 0 unspecified atom stereocenters. The van der Waals surface area contributed by atoms with Crippen LogP contribution in [0.25, 0.3) is 0 Å². The molecule has 0 aliphatic carbocycles. The first-order valence-corrected chi connectivity index (χ1v) is 12.4. The molecule has 1 aromatic carbocycles.